The Labute approximate surface area is 184 Å². The molecule has 4 heteroatoms. The van der Waals surface area contributed by atoms with Gasteiger partial charge in [-0.25, -0.2) is 0 Å². The average molecular weight is 430 g/mol. The molecule has 0 aliphatic heterocycles. The van der Waals surface area contributed by atoms with Crippen molar-refractivity contribution in [3.63, 3.8) is 0 Å². The van der Waals surface area contributed by atoms with Gasteiger partial charge >= 0.3 is 184 Å². The number of benzene rings is 4. The van der Waals surface area contributed by atoms with Crippen LogP contribution in [0.25, 0.3) is 0 Å². The van der Waals surface area contributed by atoms with Gasteiger partial charge in [0.25, 0.3) is 0 Å². The van der Waals surface area contributed by atoms with Crippen molar-refractivity contribution in [3.8, 4) is 11.5 Å². The number of rotatable bonds is 6. The van der Waals surface area contributed by atoms with Crippen LogP contribution in [0.1, 0.15) is 16.7 Å². The molecule has 4 aromatic carbocycles. The molecule has 0 aliphatic carbocycles. The van der Waals surface area contributed by atoms with Crippen molar-refractivity contribution in [3.05, 3.63) is 120 Å². The maximum absolute atomic E-state index is 13.0. The Kier molecular flexibility index (Phi) is 5.58. The molecule has 0 saturated carbocycles. The van der Waals surface area contributed by atoms with Gasteiger partial charge < -0.3 is 0 Å². The third-order valence-corrected chi connectivity index (χ3v) is 9.25. The van der Waals surface area contributed by atoms with Gasteiger partial charge in [-0.3, -0.25) is 0 Å². The fourth-order valence-corrected chi connectivity index (χ4v) is 7.74. The molecule has 0 aliphatic rings. The zero-order valence-corrected chi connectivity index (χ0v) is 18.9. The van der Waals surface area contributed by atoms with E-state index in [0.29, 0.717) is 22.1 Å². The monoisotopic (exact) mass is 430 g/mol. The molecule has 4 rings (SSSR count). The van der Waals surface area contributed by atoms with E-state index in [1.54, 1.807) is 0 Å². The van der Waals surface area contributed by atoms with Crippen LogP contribution in [0.15, 0.2) is 103 Å². The molecule has 0 atom stereocenters. The minimum absolute atomic E-state index is 0.544. The maximum atomic E-state index is 13.0. The molecule has 0 unspecified atom stereocenters. The van der Waals surface area contributed by atoms with Crippen molar-refractivity contribution in [2.75, 3.05) is 0 Å². The Hall–Kier alpha value is -3.13. The molecule has 4 aromatic rings. The molecule has 3 nitrogen and oxygen atoms in total. The summed E-state index contributed by atoms with van der Waals surface area (Å²) in [5, 5.41) is 1.30. The van der Waals surface area contributed by atoms with Crippen molar-refractivity contribution in [2.45, 2.75) is 20.8 Å². The van der Waals surface area contributed by atoms with Crippen LogP contribution in [0.2, 0.25) is 0 Å². The number of hydrogen-bond donors (Lipinski definition) is 1. The number of hydrogen-bond acceptors (Lipinski definition) is 3. The van der Waals surface area contributed by atoms with E-state index in [-0.39, 0.29) is 0 Å². The fraction of sp³-hybridized carbons (Fsp3) is 0.111. The van der Waals surface area contributed by atoms with E-state index in [9.17, 15) is 4.89 Å². The summed E-state index contributed by atoms with van der Waals surface area (Å²) in [6.45, 7) is 5.91. The summed E-state index contributed by atoms with van der Waals surface area (Å²) in [6.07, 6.45) is 0. The van der Waals surface area contributed by atoms with Gasteiger partial charge in [0, 0.05) is 0 Å². The summed E-state index contributed by atoms with van der Waals surface area (Å²) in [6, 6.07) is 32.6. The molecule has 0 amide bonds. The fourth-order valence-electron chi connectivity index (χ4n) is 3.88. The SMILES string of the molecule is Cc1ccccc1OP(O)(Oc1ccccc1)(c1ccccc1C)c1ccccc1C. The number of para-hydroxylation sites is 2. The van der Waals surface area contributed by atoms with Gasteiger partial charge in [-0.05, 0) is 0 Å². The molecule has 0 aromatic heterocycles. The van der Waals surface area contributed by atoms with E-state index in [0.717, 1.165) is 16.7 Å². The molecule has 0 bridgehead atoms. The normalized spacial score (nSPS) is 12.6. The molecule has 0 radical (unpaired) electrons. The third kappa shape index (κ3) is 3.83. The van der Waals surface area contributed by atoms with E-state index in [4.69, 9.17) is 9.05 Å². The molecular weight excluding hydrogens is 403 g/mol. The van der Waals surface area contributed by atoms with Crippen LogP contribution < -0.4 is 19.7 Å². The summed E-state index contributed by atoms with van der Waals surface area (Å²) < 4.78 is 13.4. The predicted octanol–water partition coefficient (Wildman–Crippen LogP) is 6.01. The first-order valence-corrected chi connectivity index (χ1v) is 12.3. The zero-order chi connectivity index (χ0) is 21.9. The van der Waals surface area contributed by atoms with Crippen molar-refractivity contribution in [1.82, 2.24) is 0 Å². The van der Waals surface area contributed by atoms with Crippen LogP contribution in [0.3, 0.4) is 0 Å². The predicted molar refractivity (Wildman–Crippen MR) is 130 cm³/mol. The summed E-state index contributed by atoms with van der Waals surface area (Å²) in [7, 11) is -4.67. The Morgan fingerprint density at radius 2 is 0.968 bits per heavy atom. The van der Waals surface area contributed by atoms with Crippen LogP contribution in [0, 0.1) is 20.8 Å². The van der Waals surface area contributed by atoms with Crippen LogP contribution in [-0.2, 0) is 0 Å². The van der Waals surface area contributed by atoms with Gasteiger partial charge in [-0.2, -0.15) is 0 Å². The minimum atomic E-state index is -4.67. The van der Waals surface area contributed by atoms with Crippen LogP contribution in [0.4, 0.5) is 0 Å². The first kappa shape index (κ1) is 21.1. The van der Waals surface area contributed by atoms with E-state index in [2.05, 4.69) is 0 Å². The van der Waals surface area contributed by atoms with E-state index < -0.39 is 7.28 Å². The van der Waals surface area contributed by atoms with Gasteiger partial charge in [0.2, 0.25) is 0 Å². The summed E-state index contributed by atoms with van der Waals surface area (Å²) >= 11 is 0. The van der Waals surface area contributed by atoms with Crippen molar-refractivity contribution in [2.24, 2.45) is 0 Å². The second kappa shape index (κ2) is 8.19. The van der Waals surface area contributed by atoms with Crippen molar-refractivity contribution in [1.29, 1.82) is 0 Å². The van der Waals surface area contributed by atoms with E-state index >= 15 is 0 Å². The van der Waals surface area contributed by atoms with Gasteiger partial charge in [-0.1, -0.05) is 0 Å². The van der Waals surface area contributed by atoms with Crippen molar-refractivity contribution < 1.29 is 13.9 Å². The second-order valence-corrected chi connectivity index (χ2v) is 10.9. The zero-order valence-electron chi connectivity index (χ0n) is 18.0. The Balaban J connectivity index is 2.09. The molecule has 158 valence electrons. The summed E-state index contributed by atoms with van der Waals surface area (Å²) in [4.78, 5) is 13.0. The second-order valence-electron chi connectivity index (χ2n) is 7.75. The molecule has 31 heavy (non-hydrogen) atoms. The Morgan fingerprint density at radius 1 is 0.516 bits per heavy atom. The average Bonchev–Trinajstić information content (AvgIpc) is 2.77. The van der Waals surface area contributed by atoms with Crippen LogP contribution in [0.5, 0.6) is 11.5 Å². The van der Waals surface area contributed by atoms with Crippen molar-refractivity contribution >= 4 is 17.9 Å². The topological polar surface area (TPSA) is 38.7 Å². The molecule has 0 saturated heterocycles. The van der Waals surface area contributed by atoms with Gasteiger partial charge in [-0.15, -0.1) is 0 Å². The van der Waals surface area contributed by atoms with Gasteiger partial charge in [0.15, 0.2) is 0 Å². The van der Waals surface area contributed by atoms with Gasteiger partial charge in [0.1, 0.15) is 0 Å². The van der Waals surface area contributed by atoms with Crippen LogP contribution >= 0.6 is 7.28 Å². The van der Waals surface area contributed by atoms with E-state index in [1.165, 1.54) is 0 Å². The number of aryl methyl sites for hydroxylation is 3. The molecule has 1 N–H and O–H groups in total. The Bertz CT molecular complexity index is 1160. The summed E-state index contributed by atoms with van der Waals surface area (Å²) in [5.74, 6) is 1.13. The summed E-state index contributed by atoms with van der Waals surface area (Å²) in [5.41, 5.74) is 2.72. The first-order chi connectivity index (χ1) is 14.9. The standard InChI is InChI=1S/C27H27O3P/c1-21-13-7-10-18-25(21)30-31(28,26-19-11-8-14-22(26)2,27-20-12-9-15-23(27)3)29-24-16-5-4-6-17-24/h4-20,28H,1-3H3. The third-order valence-electron chi connectivity index (χ3n) is 5.46. The first-order valence-electron chi connectivity index (χ1n) is 10.3. The van der Waals surface area contributed by atoms with Crippen LogP contribution in [-0.4, -0.2) is 4.89 Å². The molecule has 0 fully saturated rings. The Morgan fingerprint density at radius 3 is 1.48 bits per heavy atom. The molecule has 0 heterocycles. The molecule has 0 spiro atoms. The van der Waals surface area contributed by atoms with Gasteiger partial charge in [0.05, 0.1) is 0 Å². The quantitative estimate of drug-likeness (QED) is 0.381. The molecular formula is C27H27O3P. The van der Waals surface area contributed by atoms with E-state index in [1.807, 2.05) is 124 Å².